The lowest BCUT2D eigenvalue weighted by Gasteiger charge is -2.30. The summed E-state index contributed by atoms with van der Waals surface area (Å²) in [4.78, 5) is 6.93. The molecule has 0 radical (unpaired) electrons. The molecule has 1 atom stereocenters. The number of hydrogen-bond donors (Lipinski definition) is 2. The lowest BCUT2D eigenvalue weighted by Crippen LogP contribution is -2.36. The van der Waals surface area contributed by atoms with Crippen molar-refractivity contribution in [2.75, 3.05) is 26.2 Å². The Hall–Kier alpha value is -0.770. The van der Waals surface area contributed by atoms with E-state index in [9.17, 15) is 0 Å². The van der Waals surface area contributed by atoms with Crippen LogP contribution in [-0.2, 0) is 0 Å². The van der Waals surface area contributed by atoms with Crippen molar-refractivity contribution >= 4 is 5.96 Å². The second-order valence-electron chi connectivity index (χ2n) is 5.59. The molecule has 98 valence electrons. The number of likely N-dealkylation sites (tertiary alicyclic amines) is 1. The quantitative estimate of drug-likeness (QED) is 0.429. The standard InChI is InChI=1S/C13H26N4/c1-11-4-2-8-17(10-11)9-3-7-15-13(14)16-12-5-6-12/h11-12H,2-10H2,1H3,(H3,14,15,16)/t11-/m1/s1. The van der Waals surface area contributed by atoms with Crippen molar-refractivity contribution in [1.29, 1.82) is 0 Å². The molecule has 1 saturated heterocycles. The fourth-order valence-corrected chi connectivity index (χ4v) is 2.47. The van der Waals surface area contributed by atoms with Crippen LogP contribution in [0.3, 0.4) is 0 Å². The highest BCUT2D eigenvalue weighted by atomic mass is 15.1. The number of nitrogens with zero attached hydrogens (tertiary/aromatic N) is 2. The average molecular weight is 238 g/mol. The van der Waals surface area contributed by atoms with E-state index in [1.807, 2.05) is 0 Å². The van der Waals surface area contributed by atoms with Gasteiger partial charge >= 0.3 is 0 Å². The van der Waals surface area contributed by atoms with Crippen molar-refractivity contribution in [1.82, 2.24) is 10.2 Å². The van der Waals surface area contributed by atoms with Crippen molar-refractivity contribution in [3.63, 3.8) is 0 Å². The number of nitrogens with one attached hydrogen (secondary N) is 1. The largest absolute Gasteiger partial charge is 0.370 e. The molecular weight excluding hydrogens is 212 g/mol. The summed E-state index contributed by atoms with van der Waals surface area (Å²) in [5.74, 6) is 1.51. The van der Waals surface area contributed by atoms with E-state index in [0.717, 1.165) is 18.9 Å². The molecular formula is C13H26N4. The number of nitrogens with two attached hydrogens (primary N) is 1. The predicted octanol–water partition coefficient (Wildman–Crippen LogP) is 1.18. The molecule has 3 N–H and O–H groups in total. The van der Waals surface area contributed by atoms with Gasteiger partial charge in [0.15, 0.2) is 5.96 Å². The zero-order chi connectivity index (χ0) is 12.1. The normalized spacial score (nSPS) is 27.1. The van der Waals surface area contributed by atoms with Crippen LogP contribution in [0.25, 0.3) is 0 Å². The number of hydrogen-bond acceptors (Lipinski definition) is 2. The highest BCUT2D eigenvalue weighted by molar-refractivity contribution is 5.78. The summed E-state index contributed by atoms with van der Waals surface area (Å²) in [6.45, 7) is 6.91. The van der Waals surface area contributed by atoms with Crippen molar-refractivity contribution < 1.29 is 0 Å². The van der Waals surface area contributed by atoms with Crippen LogP contribution in [0.1, 0.15) is 39.0 Å². The molecule has 2 aliphatic rings. The molecule has 17 heavy (non-hydrogen) atoms. The fraction of sp³-hybridized carbons (Fsp3) is 0.923. The summed E-state index contributed by atoms with van der Waals surface area (Å²) >= 11 is 0. The van der Waals surface area contributed by atoms with Crippen molar-refractivity contribution in [2.45, 2.75) is 45.1 Å². The van der Waals surface area contributed by atoms with Crippen molar-refractivity contribution in [3.05, 3.63) is 0 Å². The number of rotatable bonds is 5. The Morgan fingerprint density at radius 2 is 2.24 bits per heavy atom. The van der Waals surface area contributed by atoms with E-state index in [0.29, 0.717) is 12.0 Å². The maximum atomic E-state index is 5.78. The van der Waals surface area contributed by atoms with Crippen LogP contribution in [0.2, 0.25) is 0 Å². The van der Waals surface area contributed by atoms with Gasteiger partial charge in [-0.1, -0.05) is 6.92 Å². The Balaban J connectivity index is 1.55. The topological polar surface area (TPSA) is 53.6 Å². The Kier molecular flexibility index (Phi) is 4.66. The Morgan fingerprint density at radius 3 is 2.94 bits per heavy atom. The van der Waals surface area contributed by atoms with Gasteiger partial charge in [0.1, 0.15) is 0 Å². The van der Waals surface area contributed by atoms with Crippen molar-refractivity contribution in [2.24, 2.45) is 16.6 Å². The van der Waals surface area contributed by atoms with Crippen molar-refractivity contribution in [3.8, 4) is 0 Å². The third-order valence-electron chi connectivity index (χ3n) is 3.59. The summed E-state index contributed by atoms with van der Waals surface area (Å²) in [7, 11) is 0. The predicted molar refractivity (Wildman–Crippen MR) is 72.1 cm³/mol. The molecule has 1 heterocycles. The molecule has 4 heteroatoms. The van der Waals surface area contributed by atoms with E-state index in [1.54, 1.807) is 0 Å². The molecule has 0 unspecified atom stereocenters. The number of piperidine rings is 1. The lowest BCUT2D eigenvalue weighted by molar-refractivity contribution is 0.183. The van der Waals surface area contributed by atoms with Crippen LogP contribution < -0.4 is 11.1 Å². The summed E-state index contributed by atoms with van der Waals surface area (Å²) in [6, 6.07) is 0.613. The zero-order valence-electron chi connectivity index (χ0n) is 11.0. The van der Waals surface area contributed by atoms with Gasteiger partial charge in [-0.2, -0.15) is 0 Å². The maximum Gasteiger partial charge on any atom is 0.188 e. The van der Waals surface area contributed by atoms with Gasteiger partial charge in [-0.05, 0) is 51.1 Å². The smallest absolute Gasteiger partial charge is 0.188 e. The minimum Gasteiger partial charge on any atom is -0.370 e. The van der Waals surface area contributed by atoms with Gasteiger partial charge in [0, 0.05) is 19.1 Å². The Labute approximate surface area is 105 Å². The van der Waals surface area contributed by atoms with E-state index in [4.69, 9.17) is 5.73 Å². The van der Waals surface area contributed by atoms with Crippen LogP contribution >= 0.6 is 0 Å². The van der Waals surface area contributed by atoms with E-state index in [1.165, 1.54) is 45.3 Å². The third kappa shape index (κ3) is 4.94. The molecule has 1 aliphatic carbocycles. The van der Waals surface area contributed by atoms with Crippen LogP contribution in [0, 0.1) is 5.92 Å². The van der Waals surface area contributed by atoms with Gasteiger partial charge in [0.25, 0.3) is 0 Å². The fourth-order valence-electron chi connectivity index (χ4n) is 2.47. The molecule has 0 spiro atoms. The van der Waals surface area contributed by atoms with Gasteiger partial charge < -0.3 is 16.0 Å². The van der Waals surface area contributed by atoms with E-state index >= 15 is 0 Å². The molecule has 4 nitrogen and oxygen atoms in total. The second-order valence-corrected chi connectivity index (χ2v) is 5.59. The lowest BCUT2D eigenvalue weighted by atomic mass is 10.0. The Morgan fingerprint density at radius 1 is 1.41 bits per heavy atom. The second kappa shape index (κ2) is 6.24. The minimum absolute atomic E-state index is 0.613. The first-order chi connectivity index (χ1) is 8.24. The van der Waals surface area contributed by atoms with Gasteiger partial charge in [0.05, 0.1) is 0 Å². The Bertz CT molecular complexity index is 260. The van der Waals surface area contributed by atoms with E-state index in [2.05, 4.69) is 22.1 Å². The highest BCUT2D eigenvalue weighted by Gasteiger charge is 2.21. The number of guanidine groups is 1. The summed E-state index contributed by atoms with van der Waals surface area (Å²) < 4.78 is 0. The van der Waals surface area contributed by atoms with E-state index < -0.39 is 0 Å². The summed E-state index contributed by atoms with van der Waals surface area (Å²) in [5, 5.41) is 3.21. The summed E-state index contributed by atoms with van der Waals surface area (Å²) in [5.41, 5.74) is 5.78. The first kappa shape index (κ1) is 12.7. The van der Waals surface area contributed by atoms with Crippen LogP contribution in [-0.4, -0.2) is 43.1 Å². The third-order valence-corrected chi connectivity index (χ3v) is 3.59. The molecule has 0 bridgehead atoms. The first-order valence-corrected chi connectivity index (χ1v) is 7.03. The first-order valence-electron chi connectivity index (χ1n) is 7.03. The van der Waals surface area contributed by atoms with Gasteiger partial charge in [-0.3, -0.25) is 4.99 Å². The molecule has 0 amide bonds. The minimum atomic E-state index is 0.613. The summed E-state index contributed by atoms with van der Waals surface area (Å²) in [6.07, 6.45) is 6.38. The zero-order valence-corrected chi connectivity index (χ0v) is 11.0. The van der Waals surface area contributed by atoms with Gasteiger partial charge in [-0.15, -0.1) is 0 Å². The van der Waals surface area contributed by atoms with Crippen LogP contribution in [0.5, 0.6) is 0 Å². The van der Waals surface area contributed by atoms with Crippen LogP contribution in [0.4, 0.5) is 0 Å². The molecule has 2 fully saturated rings. The SMILES string of the molecule is C[C@@H]1CCCN(CCCN=C(N)NC2CC2)C1. The number of aliphatic imine (C=N–C) groups is 1. The van der Waals surface area contributed by atoms with E-state index in [-0.39, 0.29) is 0 Å². The molecule has 1 saturated carbocycles. The van der Waals surface area contributed by atoms with Gasteiger partial charge in [0.2, 0.25) is 0 Å². The molecule has 1 aliphatic heterocycles. The van der Waals surface area contributed by atoms with Gasteiger partial charge in [-0.25, -0.2) is 0 Å². The highest BCUT2D eigenvalue weighted by Crippen LogP contribution is 2.18. The molecule has 2 rings (SSSR count). The molecule has 0 aromatic rings. The molecule has 0 aromatic heterocycles. The van der Waals surface area contributed by atoms with Crippen LogP contribution in [0.15, 0.2) is 4.99 Å². The maximum absolute atomic E-state index is 5.78. The average Bonchev–Trinajstić information content (AvgIpc) is 3.08. The monoisotopic (exact) mass is 238 g/mol. The molecule has 0 aromatic carbocycles.